The number of benzene rings is 2. The van der Waals surface area contributed by atoms with Gasteiger partial charge in [0.1, 0.15) is 23.1 Å². The van der Waals surface area contributed by atoms with Crippen LogP contribution in [0.2, 0.25) is 5.02 Å². The summed E-state index contributed by atoms with van der Waals surface area (Å²) >= 11 is 6.20. The number of aromatic amines is 1. The van der Waals surface area contributed by atoms with Crippen molar-refractivity contribution in [2.24, 2.45) is 0 Å². The number of anilines is 1. The summed E-state index contributed by atoms with van der Waals surface area (Å²) in [5.41, 5.74) is 3.01. The zero-order valence-corrected chi connectivity index (χ0v) is 21.9. The van der Waals surface area contributed by atoms with Crippen molar-refractivity contribution in [3.63, 3.8) is 0 Å². The van der Waals surface area contributed by atoms with Crippen molar-refractivity contribution >= 4 is 33.0 Å². The maximum Gasteiger partial charge on any atom is 0.232 e. The Bertz CT molecular complexity index is 1380. The fraction of sp³-hybridized carbons (Fsp3) is 0.360. The Morgan fingerprint density at radius 3 is 2.42 bits per heavy atom. The van der Waals surface area contributed by atoms with Crippen LogP contribution < -0.4 is 14.2 Å². The van der Waals surface area contributed by atoms with Gasteiger partial charge < -0.3 is 9.47 Å². The first-order valence-corrected chi connectivity index (χ1v) is 13.9. The van der Waals surface area contributed by atoms with Gasteiger partial charge in [0.25, 0.3) is 0 Å². The second-order valence-electron chi connectivity index (χ2n) is 8.50. The number of nitrogens with zero attached hydrogens (tertiary/aromatic N) is 3. The van der Waals surface area contributed by atoms with E-state index in [2.05, 4.69) is 19.9 Å². The molecule has 2 N–H and O–H groups in total. The molecule has 0 aliphatic heterocycles. The average Bonchev–Trinajstić information content (AvgIpc) is 3.38. The zero-order valence-electron chi connectivity index (χ0n) is 20.3. The number of ether oxygens (including phenoxy) is 2. The molecule has 4 rings (SSSR count). The minimum Gasteiger partial charge on any atom is -0.494 e. The predicted molar refractivity (Wildman–Crippen MR) is 140 cm³/mol. The van der Waals surface area contributed by atoms with Crippen LogP contribution in [0.1, 0.15) is 43.3 Å². The molecule has 192 valence electrons. The molecular formula is C25H30ClN5O4S. The van der Waals surface area contributed by atoms with Crippen molar-refractivity contribution in [2.75, 3.05) is 17.1 Å². The van der Waals surface area contributed by atoms with Crippen LogP contribution in [0.3, 0.4) is 0 Å². The van der Waals surface area contributed by atoms with Crippen LogP contribution in [0.5, 0.6) is 11.5 Å². The van der Waals surface area contributed by atoms with Crippen LogP contribution >= 0.6 is 11.6 Å². The van der Waals surface area contributed by atoms with E-state index >= 15 is 0 Å². The lowest BCUT2D eigenvalue weighted by molar-refractivity contribution is 0.302. The molecule has 0 fully saturated rings. The van der Waals surface area contributed by atoms with Gasteiger partial charge in [0, 0.05) is 12.1 Å². The van der Waals surface area contributed by atoms with Gasteiger partial charge >= 0.3 is 0 Å². The summed E-state index contributed by atoms with van der Waals surface area (Å²) in [4.78, 5) is 4.45. The lowest BCUT2D eigenvalue weighted by atomic mass is 10.2. The van der Waals surface area contributed by atoms with Crippen molar-refractivity contribution in [1.82, 2.24) is 19.8 Å². The molecule has 0 unspecified atom stereocenters. The van der Waals surface area contributed by atoms with Crippen LogP contribution in [0.15, 0.2) is 48.5 Å². The van der Waals surface area contributed by atoms with Crippen LogP contribution in [0.25, 0.3) is 5.65 Å². The van der Waals surface area contributed by atoms with E-state index in [9.17, 15) is 8.42 Å². The van der Waals surface area contributed by atoms with E-state index in [1.165, 1.54) is 0 Å². The fourth-order valence-corrected chi connectivity index (χ4v) is 4.94. The number of sulfonamides is 1. The number of hydrogen-bond donors (Lipinski definition) is 2. The molecule has 9 nitrogen and oxygen atoms in total. The Morgan fingerprint density at radius 1 is 1.03 bits per heavy atom. The van der Waals surface area contributed by atoms with E-state index in [1.807, 2.05) is 38.1 Å². The third kappa shape index (κ3) is 6.92. The van der Waals surface area contributed by atoms with Crippen molar-refractivity contribution in [2.45, 2.75) is 46.1 Å². The lowest BCUT2D eigenvalue weighted by Crippen LogP contribution is -2.16. The number of unbranched alkanes of at least 4 members (excludes halogenated alkanes) is 1. The van der Waals surface area contributed by atoms with Crippen molar-refractivity contribution in [1.29, 1.82) is 0 Å². The maximum atomic E-state index is 12.0. The van der Waals surface area contributed by atoms with E-state index in [0.29, 0.717) is 48.2 Å². The Balaban J connectivity index is 1.18. The smallest absolute Gasteiger partial charge is 0.232 e. The molecular weight excluding hydrogens is 502 g/mol. The van der Waals surface area contributed by atoms with Crippen molar-refractivity contribution < 1.29 is 17.9 Å². The average molecular weight is 532 g/mol. The third-order valence-electron chi connectivity index (χ3n) is 5.49. The van der Waals surface area contributed by atoms with Crippen LogP contribution in [-0.2, 0) is 23.1 Å². The van der Waals surface area contributed by atoms with Gasteiger partial charge in [-0.2, -0.15) is 4.63 Å². The van der Waals surface area contributed by atoms with Crippen LogP contribution in [-0.4, -0.2) is 40.6 Å². The standard InChI is InChI=1S/C25H30ClN5O4S/c1-3-4-16-36(32,33)30-20-9-13-22(14-10-20)35-17-19-7-11-21(12-8-19)34-15-5-6-23-27-25-24(26)18(2)28-31(25)29-23/h7-14,28,30H,3-6,15-17H2,1-2H3. The monoisotopic (exact) mass is 531 g/mol. The number of aromatic nitrogens is 4. The Labute approximate surface area is 215 Å². The molecule has 0 amide bonds. The summed E-state index contributed by atoms with van der Waals surface area (Å²) in [6.07, 6.45) is 2.93. The minimum atomic E-state index is -3.31. The molecule has 2 heterocycles. The summed E-state index contributed by atoms with van der Waals surface area (Å²) in [5.74, 6) is 2.28. The third-order valence-corrected chi connectivity index (χ3v) is 7.31. The van der Waals surface area contributed by atoms with E-state index in [1.54, 1.807) is 28.9 Å². The number of H-pyrrole nitrogens is 1. The lowest BCUT2D eigenvalue weighted by Gasteiger charge is -2.10. The SMILES string of the molecule is CCCCS(=O)(=O)Nc1ccc(OCc2ccc(OCCCc3nc4c(Cl)c(C)[nH]n4n3)cc2)cc1. The highest BCUT2D eigenvalue weighted by Gasteiger charge is 2.12. The Morgan fingerprint density at radius 2 is 1.72 bits per heavy atom. The van der Waals surface area contributed by atoms with E-state index in [4.69, 9.17) is 21.1 Å². The summed E-state index contributed by atoms with van der Waals surface area (Å²) < 4.78 is 39.8. The summed E-state index contributed by atoms with van der Waals surface area (Å²) in [5, 5.41) is 8.04. The van der Waals surface area contributed by atoms with Crippen LogP contribution in [0, 0.1) is 6.92 Å². The zero-order chi connectivity index (χ0) is 25.5. The van der Waals surface area contributed by atoms with Crippen molar-refractivity contribution in [3.8, 4) is 11.5 Å². The quantitative estimate of drug-likeness (QED) is 0.231. The summed E-state index contributed by atoms with van der Waals surface area (Å²) in [6.45, 7) is 4.78. The second kappa shape index (κ2) is 11.7. The number of fused-ring (bicyclic) bond motifs is 1. The van der Waals surface area contributed by atoms with Gasteiger partial charge in [-0.1, -0.05) is 37.1 Å². The molecule has 36 heavy (non-hydrogen) atoms. The number of hydrogen-bond acceptors (Lipinski definition) is 6. The molecule has 0 saturated carbocycles. The highest BCUT2D eigenvalue weighted by Crippen LogP contribution is 2.21. The van der Waals surface area contributed by atoms with Gasteiger partial charge in [-0.05, 0) is 61.7 Å². The van der Waals surface area contributed by atoms with Crippen molar-refractivity contribution in [3.05, 3.63) is 70.6 Å². The summed E-state index contributed by atoms with van der Waals surface area (Å²) in [7, 11) is -3.31. The normalized spacial score (nSPS) is 11.6. The molecule has 2 aromatic carbocycles. The molecule has 0 aliphatic rings. The molecule has 2 aromatic heterocycles. The maximum absolute atomic E-state index is 12.0. The second-order valence-corrected chi connectivity index (χ2v) is 10.7. The molecule has 0 aliphatic carbocycles. The van der Waals surface area contributed by atoms with Gasteiger partial charge in [-0.15, -0.1) is 5.10 Å². The van der Waals surface area contributed by atoms with E-state index in [0.717, 1.165) is 35.7 Å². The predicted octanol–water partition coefficient (Wildman–Crippen LogP) is 5.15. The van der Waals surface area contributed by atoms with Gasteiger partial charge in [0.15, 0.2) is 11.5 Å². The van der Waals surface area contributed by atoms with Gasteiger partial charge in [0.05, 0.1) is 18.1 Å². The Kier molecular flexibility index (Phi) is 8.37. The number of rotatable bonds is 13. The Hall–Kier alpha value is -3.24. The fourth-order valence-electron chi connectivity index (χ4n) is 3.51. The van der Waals surface area contributed by atoms with Gasteiger partial charge in [-0.25, -0.2) is 13.4 Å². The minimum absolute atomic E-state index is 0.121. The summed E-state index contributed by atoms with van der Waals surface area (Å²) in [6, 6.07) is 14.6. The molecule has 11 heteroatoms. The van der Waals surface area contributed by atoms with Crippen LogP contribution in [0.4, 0.5) is 5.69 Å². The number of nitrogens with one attached hydrogen (secondary N) is 2. The highest BCUT2D eigenvalue weighted by atomic mass is 35.5. The molecule has 0 radical (unpaired) electrons. The molecule has 0 saturated heterocycles. The first-order valence-electron chi connectivity index (χ1n) is 11.9. The highest BCUT2D eigenvalue weighted by molar-refractivity contribution is 7.92. The van der Waals surface area contributed by atoms with E-state index < -0.39 is 10.0 Å². The van der Waals surface area contributed by atoms with Gasteiger partial charge in [-0.3, -0.25) is 9.82 Å². The number of aryl methyl sites for hydroxylation is 2. The van der Waals surface area contributed by atoms with Gasteiger partial charge in [0.2, 0.25) is 10.0 Å². The topological polar surface area (TPSA) is 111 Å². The molecule has 0 bridgehead atoms. The molecule has 4 aromatic rings. The number of halogens is 1. The molecule has 0 spiro atoms. The first kappa shape index (κ1) is 25.8. The first-order chi connectivity index (χ1) is 17.3. The van der Waals surface area contributed by atoms with E-state index in [-0.39, 0.29) is 5.75 Å². The largest absolute Gasteiger partial charge is 0.494 e. The molecule has 0 atom stereocenters.